The molecule has 0 fully saturated rings. The van der Waals surface area contributed by atoms with Crippen molar-refractivity contribution < 1.29 is 14.6 Å². The Balaban J connectivity index is 2.14. The number of carbonyl (C=O) groups is 1. The van der Waals surface area contributed by atoms with Gasteiger partial charge in [0.25, 0.3) is 0 Å². The fourth-order valence-corrected chi connectivity index (χ4v) is 2.60. The summed E-state index contributed by atoms with van der Waals surface area (Å²) in [6, 6.07) is 7.15. The highest BCUT2D eigenvalue weighted by Gasteiger charge is 2.08. The lowest BCUT2D eigenvalue weighted by molar-refractivity contribution is -0.297. The van der Waals surface area contributed by atoms with E-state index in [1.807, 2.05) is 13.8 Å². The first-order valence-electron chi connectivity index (χ1n) is 7.37. The number of nitrogens with zero attached hydrogens (tertiary/aromatic N) is 2. The number of thioether (sulfide) groups is 1. The molecule has 0 aliphatic heterocycles. The van der Waals surface area contributed by atoms with Crippen LogP contribution in [0, 0.1) is 0 Å². The lowest BCUT2D eigenvalue weighted by atomic mass is 10.2. The van der Waals surface area contributed by atoms with Gasteiger partial charge in [0.2, 0.25) is 5.16 Å². The van der Waals surface area contributed by atoms with Gasteiger partial charge in [0.15, 0.2) is 0 Å². The Morgan fingerprint density at radius 2 is 2.09 bits per heavy atom. The van der Waals surface area contributed by atoms with Gasteiger partial charge in [0, 0.05) is 11.3 Å². The zero-order valence-electron chi connectivity index (χ0n) is 13.0. The van der Waals surface area contributed by atoms with Crippen molar-refractivity contribution in [3.8, 4) is 5.75 Å². The van der Waals surface area contributed by atoms with Crippen molar-refractivity contribution in [2.75, 3.05) is 6.61 Å². The third kappa shape index (κ3) is 5.14. The van der Waals surface area contributed by atoms with Crippen LogP contribution in [0.4, 0.5) is 0 Å². The van der Waals surface area contributed by atoms with E-state index in [4.69, 9.17) is 4.74 Å². The number of aryl methyl sites for hydroxylation is 1. The summed E-state index contributed by atoms with van der Waals surface area (Å²) in [5, 5.41) is 18.5. The van der Waals surface area contributed by atoms with Gasteiger partial charge in [-0.1, -0.05) is 19.1 Å². The molecule has 6 nitrogen and oxygen atoms in total. The average molecular weight is 332 g/mol. The van der Waals surface area contributed by atoms with Gasteiger partial charge >= 0.3 is 0 Å². The molecular formula is C16H18N3O3S-. The molecule has 2 rings (SSSR count). The first kappa shape index (κ1) is 17.1. The Labute approximate surface area is 139 Å². The number of carboxylic acid groups (broad SMARTS) is 1. The monoisotopic (exact) mass is 332 g/mol. The van der Waals surface area contributed by atoms with E-state index in [0.717, 1.165) is 41.7 Å². The molecule has 0 spiro atoms. The molecule has 23 heavy (non-hydrogen) atoms. The molecule has 0 bridgehead atoms. The minimum absolute atomic E-state index is 0.0520. The number of ether oxygens (including phenoxy) is 1. The highest BCUT2D eigenvalue weighted by molar-refractivity contribution is 8.04. The Morgan fingerprint density at radius 1 is 1.35 bits per heavy atom. The fraction of sp³-hybridized carbons (Fsp3) is 0.312. The second kappa shape index (κ2) is 8.38. The molecule has 0 radical (unpaired) electrons. The first-order chi connectivity index (χ1) is 11.1. The van der Waals surface area contributed by atoms with Crippen molar-refractivity contribution in [2.45, 2.75) is 31.8 Å². The Hall–Kier alpha value is -2.28. The van der Waals surface area contributed by atoms with Crippen LogP contribution in [-0.2, 0) is 11.2 Å². The van der Waals surface area contributed by atoms with Crippen LogP contribution in [0.2, 0.25) is 0 Å². The lowest BCUT2D eigenvalue weighted by Gasteiger charge is -2.07. The number of nitrogens with one attached hydrogen (secondary N) is 1. The average Bonchev–Trinajstić information content (AvgIpc) is 2.96. The van der Waals surface area contributed by atoms with Crippen LogP contribution in [-0.4, -0.2) is 27.8 Å². The molecular weight excluding hydrogens is 314 g/mol. The van der Waals surface area contributed by atoms with E-state index >= 15 is 0 Å². The van der Waals surface area contributed by atoms with E-state index in [1.54, 1.807) is 24.3 Å². The van der Waals surface area contributed by atoms with E-state index in [9.17, 15) is 9.90 Å². The third-order valence-corrected chi connectivity index (χ3v) is 3.76. The number of benzene rings is 1. The molecule has 1 heterocycles. The summed E-state index contributed by atoms with van der Waals surface area (Å²) in [6.45, 7) is 4.52. The van der Waals surface area contributed by atoms with E-state index in [0.29, 0.717) is 11.8 Å². The standard InChI is InChI=1S/C16H19N3O3S/c1-3-5-14-17-16(19-18-14)23-13(15(20)21)10-11-6-8-12(9-7-11)22-4-2/h6-10H,3-5H2,1-2H3,(H,20,21)(H,17,18,19)/p-1/b13-10-. The molecule has 1 aromatic heterocycles. The molecule has 0 aliphatic rings. The number of hydrogen-bond acceptors (Lipinski definition) is 6. The van der Waals surface area contributed by atoms with Crippen molar-refractivity contribution >= 4 is 23.8 Å². The summed E-state index contributed by atoms with van der Waals surface area (Å²) in [4.78, 5) is 15.6. The number of hydrogen-bond donors (Lipinski definition) is 1. The predicted octanol–water partition coefficient (Wildman–Crippen LogP) is 2.04. The number of aromatic nitrogens is 3. The third-order valence-electron chi connectivity index (χ3n) is 2.89. The molecule has 1 N–H and O–H groups in total. The Bertz CT molecular complexity index is 680. The SMILES string of the molecule is CCCc1nc(S/C(=C\c2ccc(OCC)cc2)C(=O)[O-])n[nH]1. The van der Waals surface area contributed by atoms with Crippen LogP contribution in [0.1, 0.15) is 31.7 Å². The second-order valence-electron chi connectivity index (χ2n) is 4.71. The topological polar surface area (TPSA) is 90.9 Å². The molecule has 0 saturated carbocycles. The molecule has 122 valence electrons. The van der Waals surface area contributed by atoms with E-state index in [-0.39, 0.29) is 4.91 Å². The van der Waals surface area contributed by atoms with Crippen LogP contribution in [0.3, 0.4) is 0 Å². The number of carboxylic acids is 1. The molecule has 0 amide bonds. The Kier molecular flexibility index (Phi) is 6.22. The number of aliphatic carboxylic acids is 1. The summed E-state index contributed by atoms with van der Waals surface area (Å²) in [7, 11) is 0. The van der Waals surface area contributed by atoms with Crippen LogP contribution >= 0.6 is 11.8 Å². The van der Waals surface area contributed by atoms with Gasteiger partial charge in [-0.3, -0.25) is 5.10 Å². The zero-order valence-corrected chi connectivity index (χ0v) is 13.9. The van der Waals surface area contributed by atoms with Crippen molar-refractivity contribution in [2.24, 2.45) is 0 Å². The summed E-state index contributed by atoms with van der Waals surface area (Å²) in [5.41, 5.74) is 0.740. The van der Waals surface area contributed by atoms with E-state index in [2.05, 4.69) is 15.2 Å². The van der Waals surface area contributed by atoms with E-state index < -0.39 is 5.97 Å². The Morgan fingerprint density at radius 3 is 2.70 bits per heavy atom. The normalized spacial score (nSPS) is 11.5. The number of aromatic amines is 1. The maximum atomic E-state index is 11.3. The van der Waals surface area contributed by atoms with Crippen molar-refractivity contribution in [3.05, 3.63) is 40.6 Å². The largest absolute Gasteiger partial charge is 0.544 e. The summed E-state index contributed by atoms with van der Waals surface area (Å²) >= 11 is 0.967. The highest BCUT2D eigenvalue weighted by Crippen LogP contribution is 2.25. The van der Waals surface area contributed by atoms with Gasteiger partial charge in [0.1, 0.15) is 11.6 Å². The molecule has 0 unspecified atom stereocenters. The summed E-state index contributed by atoms with van der Waals surface area (Å²) < 4.78 is 5.36. The van der Waals surface area contributed by atoms with Crippen LogP contribution in [0.15, 0.2) is 34.3 Å². The number of carbonyl (C=O) groups excluding carboxylic acids is 1. The van der Waals surface area contributed by atoms with Gasteiger partial charge in [-0.2, -0.15) is 0 Å². The fourth-order valence-electron chi connectivity index (χ4n) is 1.88. The van der Waals surface area contributed by atoms with E-state index in [1.165, 1.54) is 6.08 Å². The van der Waals surface area contributed by atoms with Gasteiger partial charge in [0.05, 0.1) is 12.6 Å². The summed E-state index contributed by atoms with van der Waals surface area (Å²) in [6.07, 6.45) is 3.25. The molecule has 0 saturated heterocycles. The van der Waals surface area contributed by atoms with Crippen molar-refractivity contribution in [1.29, 1.82) is 0 Å². The zero-order chi connectivity index (χ0) is 16.7. The van der Waals surface area contributed by atoms with Crippen molar-refractivity contribution in [3.63, 3.8) is 0 Å². The minimum Gasteiger partial charge on any atom is -0.544 e. The van der Waals surface area contributed by atoms with Crippen LogP contribution < -0.4 is 9.84 Å². The van der Waals surface area contributed by atoms with Gasteiger partial charge < -0.3 is 14.6 Å². The maximum Gasteiger partial charge on any atom is 0.213 e. The molecule has 7 heteroatoms. The predicted molar refractivity (Wildman–Crippen MR) is 86.8 cm³/mol. The number of H-pyrrole nitrogens is 1. The molecule has 1 aromatic carbocycles. The quantitative estimate of drug-likeness (QED) is 0.587. The lowest BCUT2D eigenvalue weighted by Crippen LogP contribution is -2.23. The molecule has 0 aliphatic carbocycles. The molecule has 2 aromatic rings. The smallest absolute Gasteiger partial charge is 0.213 e. The number of rotatable bonds is 8. The summed E-state index contributed by atoms with van der Waals surface area (Å²) in [5.74, 6) is 0.227. The van der Waals surface area contributed by atoms with Gasteiger partial charge in [-0.25, -0.2) is 4.98 Å². The second-order valence-corrected chi connectivity index (χ2v) is 5.72. The highest BCUT2D eigenvalue weighted by atomic mass is 32.2. The van der Waals surface area contributed by atoms with Gasteiger partial charge in [-0.15, -0.1) is 5.10 Å². The first-order valence-corrected chi connectivity index (χ1v) is 8.19. The van der Waals surface area contributed by atoms with Crippen LogP contribution in [0.5, 0.6) is 5.75 Å². The molecule has 0 atom stereocenters. The van der Waals surface area contributed by atoms with Gasteiger partial charge in [-0.05, 0) is 48.9 Å². The minimum atomic E-state index is -1.26. The maximum absolute atomic E-state index is 11.3. The van der Waals surface area contributed by atoms with Crippen molar-refractivity contribution in [1.82, 2.24) is 15.2 Å². The van der Waals surface area contributed by atoms with Crippen LogP contribution in [0.25, 0.3) is 6.08 Å².